The molecule has 1 heterocycles. The van der Waals surface area contributed by atoms with E-state index >= 15 is 0 Å². The van der Waals surface area contributed by atoms with Crippen LogP contribution in [0.3, 0.4) is 0 Å². The number of hydrogen-bond donors (Lipinski definition) is 0. The fourth-order valence-corrected chi connectivity index (χ4v) is 5.56. The number of para-hydroxylation sites is 1. The first-order valence-corrected chi connectivity index (χ1v) is 18.7. The molecule has 0 atom stereocenters. The van der Waals surface area contributed by atoms with E-state index in [-0.39, 0.29) is 5.69 Å². The van der Waals surface area contributed by atoms with Gasteiger partial charge in [-0.25, -0.2) is 0 Å². The van der Waals surface area contributed by atoms with Crippen LogP contribution in [0, 0.1) is 10.1 Å². The van der Waals surface area contributed by atoms with Gasteiger partial charge in [0.25, 0.3) is 0 Å². The van der Waals surface area contributed by atoms with E-state index in [0.29, 0.717) is 16.4 Å². The van der Waals surface area contributed by atoms with Crippen LogP contribution in [0.1, 0.15) is 5.56 Å². The Kier molecular flexibility index (Phi) is 5.26. The van der Waals surface area contributed by atoms with Crippen LogP contribution in [0.25, 0.3) is 10.2 Å². The minimum absolute atomic E-state index is 0.0438. The molecule has 9 heteroatoms. The summed E-state index contributed by atoms with van der Waals surface area (Å²) in [4.78, 5) is 23.1. The van der Waals surface area contributed by atoms with Crippen molar-refractivity contribution in [2.24, 2.45) is 4.99 Å². The van der Waals surface area contributed by atoms with Gasteiger partial charge in [0.1, 0.15) is 0 Å². The Balaban J connectivity index is 1.90. The van der Waals surface area contributed by atoms with Crippen molar-refractivity contribution in [3.8, 4) is 5.75 Å². The number of thiazole rings is 1. The Bertz CT molecular complexity index is 969. The van der Waals surface area contributed by atoms with Crippen LogP contribution in [0.4, 0.5) is 10.8 Å². The molecule has 1 aromatic heterocycles. The molecule has 0 amide bonds. The van der Waals surface area contributed by atoms with Crippen molar-refractivity contribution in [1.29, 1.82) is 0 Å². The molecule has 3 aromatic rings. The molecule has 3 rings (SSSR count). The topological polar surface area (TPSA) is 77.6 Å². The second kappa shape index (κ2) is 7.26. The number of rotatable bonds is 5. The third-order valence-corrected chi connectivity index (χ3v) is 6.61. The molecule has 25 heavy (non-hydrogen) atoms. The number of benzene rings is 2. The van der Waals surface area contributed by atoms with Crippen molar-refractivity contribution in [3.63, 3.8) is 0 Å². The van der Waals surface area contributed by atoms with Crippen molar-refractivity contribution >= 4 is 65.2 Å². The van der Waals surface area contributed by atoms with E-state index in [1.54, 1.807) is 12.3 Å². The summed E-state index contributed by atoms with van der Waals surface area (Å²) in [5.74, 6) is 0.707. The Hall–Kier alpha value is -1.71. The first-order chi connectivity index (χ1) is 11.8. The number of aliphatic imine (C=N–C) groups is 1. The standard InChI is InChI=1S/C14H9N3O3S.2CH3.ClH.Sn/c18-12-4-2-1-3-9(12)8-15-14-16-11-6-5-10(17(19)20)7-13(11)21-14;;;;/h1-8,18H;2*1H3;1H;/q;;;;+2/p-2. The summed E-state index contributed by atoms with van der Waals surface area (Å²) in [5, 5.41) is 11.4. The van der Waals surface area contributed by atoms with Crippen LogP contribution in [0.5, 0.6) is 5.75 Å². The van der Waals surface area contributed by atoms with Gasteiger partial charge in [0, 0.05) is 0 Å². The number of nitro groups is 1. The second-order valence-electron chi connectivity index (χ2n) is 5.67. The molecule has 0 aliphatic carbocycles. The van der Waals surface area contributed by atoms with Gasteiger partial charge in [0.05, 0.1) is 0 Å². The normalized spacial score (nSPS) is 12.0. The number of nitrogens with zero attached hydrogens (tertiary/aromatic N) is 3. The fraction of sp³-hybridized carbons (Fsp3) is 0.125. The number of nitro benzene ring substituents is 1. The summed E-state index contributed by atoms with van der Waals surface area (Å²) in [7, 11) is 6.33. The van der Waals surface area contributed by atoms with Crippen LogP contribution in [0.2, 0.25) is 9.88 Å². The molecule has 0 radical (unpaired) electrons. The second-order valence-corrected chi connectivity index (χ2v) is 21.1. The quantitative estimate of drug-likeness (QED) is 0.215. The molecule has 2 aromatic carbocycles. The first-order valence-electron chi connectivity index (χ1n) is 7.38. The molecule has 6 nitrogen and oxygen atoms in total. The molecule has 0 saturated heterocycles. The van der Waals surface area contributed by atoms with E-state index in [4.69, 9.17) is 12.0 Å². The average Bonchev–Trinajstić information content (AvgIpc) is 2.94. The molecular formula is C16H14ClN3O3SSn. The van der Waals surface area contributed by atoms with Gasteiger partial charge in [-0.3, -0.25) is 0 Å². The summed E-state index contributed by atoms with van der Waals surface area (Å²) in [6.45, 7) is 0. The summed E-state index contributed by atoms with van der Waals surface area (Å²) in [5.41, 5.74) is 1.55. The maximum atomic E-state index is 10.9. The van der Waals surface area contributed by atoms with Gasteiger partial charge in [0.15, 0.2) is 0 Å². The van der Waals surface area contributed by atoms with Crippen molar-refractivity contribution in [3.05, 3.63) is 58.1 Å². The third-order valence-electron chi connectivity index (χ3n) is 3.16. The minimum atomic E-state index is -2.97. The summed E-state index contributed by atoms with van der Waals surface area (Å²) in [6, 6.07) is 12.1. The number of halogens is 1. The SMILES string of the molecule is [CH3][Sn]([CH3])([Cl])[O]c1ccccc1C=Nc1nc2ccc([N+](=O)[O-])cc2s1. The molecule has 0 saturated carbocycles. The van der Waals surface area contributed by atoms with Gasteiger partial charge >= 0.3 is 157 Å². The number of non-ortho nitro benzene ring substituents is 1. The van der Waals surface area contributed by atoms with Crippen LogP contribution in [0.15, 0.2) is 47.5 Å². The summed E-state index contributed by atoms with van der Waals surface area (Å²) in [6.07, 6.45) is 1.68. The van der Waals surface area contributed by atoms with Gasteiger partial charge in [-0.1, -0.05) is 0 Å². The van der Waals surface area contributed by atoms with E-state index < -0.39 is 22.6 Å². The van der Waals surface area contributed by atoms with Gasteiger partial charge in [0.2, 0.25) is 0 Å². The van der Waals surface area contributed by atoms with Gasteiger partial charge in [-0.05, 0) is 0 Å². The summed E-state index contributed by atoms with van der Waals surface area (Å²) < 4.78 is 6.64. The predicted octanol–water partition coefficient (Wildman–Crippen LogP) is 5.27. The number of aromatic nitrogens is 1. The van der Waals surface area contributed by atoms with Crippen LogP contribution in [-0.4, -0.2) is 33.8 Å². The number of fused-ring (bicyclic) bond motifs is 1. The zero-order chi connectivity index (χ0) is 18.0. The van der Waals surface area contributed by atoms with E-state index in [2.05, 4.69) is 9.98 Å². The Morgan fingerprint density at radius 2 is 2.08 bits per heavy atom. The molecule has 0 spiro atoms. The van der Waals surface area contributed by atoms with Gasteiger partial charge < -0.3 is 0 Å². The van der Waals surface area contributed by atoms with E-state index in [0.717, 1.165) is 10.3 Å². The third kappa shape index (κ3) is 4.68. The molecule has 0 fully saturated rings. The molecule has 128 valence electrons. The monoisotopic (exact) mass is 483 g/mol. The molecule has 0 unspecified atom stereocenters. The zero-order valence-corrected chi connectivity index (χ0v) is 17.9. The van der Waals surface area contributed by atoms with E-state index in [9.17, 15) is 10.1 Å². The van der Waals surface area contributed by atoms with Gasteiger partial charge in [-0.15, -0.1) is 0 Å². The van der Waals surface area contributed by atoms with Crippen molar-refractivity contribution in [2.45, 2.75) is 9.88 Å². The zero-order valence-electron chi connectivity index (χ0n) is 13.5. The van der Waals surface area contributed by atoms with Crippen molar-refractivity contribution < 1.29 is 8.00 Å². The Labute approximate surface area is 156 Å². The maximum absolute atomic E-state index is 10.9. The Morgan fingerprint density at radius 3 is 2.80 bits per heavy atom. The van der Waals surface area contributed by atoms with Crippen LogP contribution < -0.4 is 3.07 Å². The van der Waals surface area contributed by atoms with E-state index in [1.165, 1.54) is 23.5 Å². The first kappa shape index (κ1) is 18.1. The molecule has 0 aliphatic rings. The van der Waals surface area contributed by atoms with E-state index in [1.807, 2.05) is 34.1 Å². The average molecular weight is 483 g/mol. The van der Waals surface area contributed by atoms with Crippen molar-refractivity contribution in [2.75, 3.05) is 0 Å². The fourth-order valence-electron chi connectivity index (χ4n) is 2.14. The van der Waals surface area contributed by atoms with Crippen LogP contribution in [-0.2, 0) is 0 Å². The molecule has 0 aliphatic heterocycles. The van der Waals surface area contributed by atoms with Crippen LogP contribution >= 0.6 is 20.3 Å². The molecular weight excluding hydrogens is 468 g/mol. The summed E-state index contributed by atoms with van der Waals surface area (Å²) >= 11 is -1.67. The van der Waals surface area contributed by atoms with Gasteiger partial charge in [-0.2, -0.15) is 0 Å². The van der Waals surface area contributed by atoms with Crippen molar-refractivity contribution in [1.82, 2.24) is 4.98 Å². The molecule has 0 bridgehead atoms. The molecule has 0 N–H and O–H groups in total. The predicted molar refractivity (Wildman–Crippen MR) is 104 cm³/mol. The number of hydrogen-bond acceptors (Lipinski definition) is 6. The Morgan fingerprint density at radius 1 is 1.32 bits per heavy atom.